The first-order valence-corrected chi connectivity index (χ1v) is 9.19. The molecule has 0 heterocycles. The van der Waals surface area contributed by atoms with Crippen LogP contribution >= 0.6 is 0 Å². The van der Waals surface area contributed by atoms with Gasteiger partial charge in [0.15, 0.2) is 0 Å². The number of benzene rings is 2. The number of nitrogens with zero attached hydrogens (tertiary/aromatic N) is 1. The van der Waals surface area contributed by atoms with Crippen LogP contribution in [0.4, 0.5) is 0 Å². The highest BCUT2D eigenvalue weighted by molar-refractivity contribution is 7.88. The molecule has 7 heteroatoms. The second-order valence-electron chi connectivity index (χ2n) is 5.35. The molecule has 0 amide bonds. The number of hydrogen-bond donors (Lipinski definition) is 3. The maximum absolute atomic E-state index is 12.2. The molecule has 3 N–H and O–H groups in total. The highest BCUT2D eigenvalue weighted by atomic mass is 32.2. The highest BCUT2D eigenvalue weighted by Crippen LogP contribution is 2.24. The Morgan fingerprint density at radius 1 is 1.12 bits per heavy atom. The third-order valence-corrected chi connectivity index (χ3v) is 4.38. The summed E-state index contributed by atoms with van der Waals surface area (Å²) in [6.07, 6.45) is 1.20. The predicted molar refractivity (Wildman–Crippen MR) is 93.4 cm³/mol. The monoisotopic (exact) mass is 348 g/mol. The number of rotatable bonds is 7. The second-order valence-corrected chi connectivity index (χ2v) is 7.05. The molecule has 0 aliphatic carbocycles. The van der Waals surface area contributed by atoms with Gasteiger partial charge in [0.25, 0.3) is 10.0 Å². The molecule has 128 valence electrons. The van der Waals surface area contributed by atoms with E-state index in [0.29, 0.717) is 23.3 Å². The van der Waals surface area contributed by atoms with Crippen LogP contribution in [0.2, 0.25) is 0 Å². The molecule has 0 atom stereocenters. The van der Waals surface area contributed by atoms with Crippen molar-refractivity contribution in [3.05, 3.63) is 59.7 Å². The summed E-state index contributed by atoms with van der Waals surface area (Å²) in [7, 11) is -3.65. The highest BCUT2D eigenvalue weighted by Gasteiger charge is 2.13. The molecule has 0 spiro atoms. The van der Waals surface area contributed by atoms with Crippen molar-refractivity contribution in [2.45, 2.75) is 25.5 Å². The molecular formula is C17H20N2O4S. The predicted octanol–water partition coefficient (Wildman–Crippen LogP) is 2.72. The number of nitrogens with one attached hydrogen (secondary N) is 1. The summed E-state index contributed by atoms with van der Waals surface area (Å²) in [5.74, 6) is -0.403. The Balaban J connectivity index is 2.21. The van der Waals surface area contributed by atoms with E-state index >= 15 is 0 Å². The zero-order valence-electron chi connectivity index (χ0n) is 13.3. The smallest absolute Gasteiger partial charge is 0.251 e. The molecule has 0 fully saturated rings. The topological polar surface area (TPSA) is 99.0 Å². The lowest BCUT2D eigenvalue weighted by Crippen LogP contribution is -2.22. The Morgan fingerprint density at radius 2 is 1.83 bits per heavy atom. The molecule has 24 heavy (non-hydrogen) atoms. The first-order valence-electron chi connectivity index (χ1n) is 7.53. The van der Waals surface area contributed by atoms with Crippen LogP contribution in [0.3, 0.4) is 0 Å². The van der Waals surface area contributed by atoms with Crippen LogP contribution in [0.5, 0.6) is 11.5 Å². The van der Waals surface area contributed by atoms with Crippen molar-refractivity contribution >= 4 is 15.7 Å². The molecule has 0 unspecified atom stereocenters. The van der Waals surface area contributed by atoms with Crippen molar-refractivity contribution in [1.29, 1.82) is 0 Å². The molecule has 0 saturated carbocycles. The minimum atomic E-state index is -3.65. The first-order chi connectivity index (χ1) is 11.4. The lowest BCUT2D eigenvalue weighted by molar-refractivity contribution is 0.449. The average Bonchev–Trinajstić information content (AvgIpc) is 2.52. The van der Waals surface area contributed by atoms with E-state index in [1.165, 1.54) is 18.2 Å². The van der Waals surface area contributed by atoms with Gasteiger partial charge in [0.1, 0.15) is 11.5 Å². The van der Waals surface area contributed by atoms with Crippen LogP contribution in [-0.2, 0) is 15.8 Å². The standard InChI is InChI=1S/C17H20N2O4S/c1-2-6-16(15-10-9-14(20)11-17(15)21)18-19-24(22,23)12-13-7-4-3-5-8-13/h3-5,7-11,19-21H,2,6,12H2,1H3. The van der Waals surface area contributed by atoms with E-state index in [1.807, 2.05) is 13.0 Å². The van der Waals surface area contributed by atoms with E-state index in [-0.39, 0.29) is 17.3 Å². The summed E-state index contributed by atoms with van der Waals surface area (Å²) in [5, 5.41) is 23.3. The number of hydrazone groups is 1. The van der Waals surface area contributed by atoms with Crippen LogP contribution in [0.15, 0.2) is 53.6 Å². The SMILES string of the molecule is CCCC(=NNS(=O)(=O)Cc1ccccc1)c1ccc(O)cc1O. The zero-order valence-corrected chi connectivity index (χ0v) is 14.1. The van der Waals surface area contributed by atoms with Crippen molar-refractivity contribution in [3.63, 3.8) is 0 Å². The molecule has 6 nitrogen and oxygen atoms in total. The molecule has 0 aliphatic rings. The van der Waals surface area contributed by atoms with Gasteiger partial charge in [-0.3, -0.25) is 0 Å². The van der Waals surface area contributed by atoms with Gasteiger partial charge in [-0.05, 0) is 24.1 Å². The van der Waals surface area contributed by atoms with Crippen LogP contribution in [-0.4, -0.2) is 24.3 Å². The fourth-order valence-corrected chi connectivity index (χ4v) is 3.15. The molecular weight excluding hydrogens is 328 g/mol. The van der Waals surface area contributed by atoms with E-state index < -0.39 is 10.0 Å². The molecule has 0 saturated heterocycles. The molecule has 0 aliphatic heterocycles. The van der Waals surface area contributed by atoms with Gasteiger partial charge < -0.3 is 10.2 Å². The van der Waals surface area contributed by atoms with Gasteiger partial charge in [-0.1, -0.05) is 43.7 Å². The van der Waals surface area contributed by atoms with Gasteiger partial charge in [0, 0.05) is 11.6 Å². The second kappa shape index (κ2) is 7.83. The number of sulfonamides is 1. The summed E-state index contributed by atoms with van der Waals surface area (Å²) in [4.78, 5) is 2.22. The van der Waals surface area contributed by atoms with E-state index in [1.54, 1.807) is 24.3 Å². The Morgan fingerprint density at radius 3 is 2.46 bits per heavy atom. The Kier molecular flexibility index (Phi) is 5.81. The third kappa shape index (κ3) is 4.99. The largest absolute Gasteiger partial charge is 0.508 e. The Bertz CT molecular complexity index is 818. The van der Waals surface area contributed by atoms with Crippen molar-refractivity contribution in [2.75, 3.05) is 0 Å². The zero-order chi connectivity index (χ0) is 17.6. The molecule has 0 radical (unpaired) electrons. The van der Waals surface area contributed by atoms with Crippen LogP contribution in [0.25, 0.3) is 0 Å². The van der Waals surface area contributed by atoms with Gasteiger partial charge in [-0.25, -0.2) is 13.2 Å². The van der Waals surface area contributed by atoms with Crippen molar-refractivity contribution in [2.24, 2.45) is 5.10 Å². The lowest BCUT2D eigenvalue weighted by atomic mass is 10.0. The minimum Gasteiger partial charge on any atom is -0.508 e. The maximum Gasteiger partial charge on any atom is 0.251 e. The quantitative estimate of drug-likeness (QED) is 0.529. The van der Waals surface area contributed by atoms with Crippen molar-refractivity contribution < 1.29 is 18.6 Å². The number of phenolic OH excluding ortho intramolecular Hbond substituents is 2. The Labute approximate surface area is 141 Å². The first kappa shape index (κ1) is 17.8. The molecule has 0 aromatic heterocycles. The van der Waals surface area contributed by atoms with Gasteiger partial charge in [-0.15, -0.1) is 0 Å². The number of hydrogen-bond acceptors (Lipinski definition) is 5. The van der Waals surface area contributed by atoms with Crippen LogP contribution < -0.4 is 4.83 Å². The fraction of sp³-hybridized carbons (Fsp3) is 0.235. The normalized spacial score (nSPS) is 12.1. The molecule has 2 rings (SSSR count). The van der Waals surface area contributed by atoms with E-state index in [4.69, 9.17) is 0 Å². The molecule has 0 bridgehead atoms. The summed E-state index contributed by atoms with van der Waals surface area (Å²) in [6.45, 7) is 1.92. The summed E-state index contributed by atoms with van der Waals surface area (Å²) >= 11 is 0. The maximum atomic E-state index is 12.2. The summed E-state index contributed by atoms with van der Waals surface area (Å²) in [5.41, 5.74) is 1.45. The van der Waals surface area contributed by atoms with E-state index in [9.17, 15) is 18.6 Å². The molecule has 2 aromatic carbocycles. The van der Waals surface area contributed by atoms with Gasteiger partial charge >= 0.3 is 0 Å². The minimum absolute atomic E-state index is 0.0724. The molecule has 2 aromatic rings. The van der Waals surface area contributed by atoms with Gasteiger partial charge in [0.2, 0.25) is 0 Å². The third-order valence-electron chi connectivity index (χ3n) is 3.30. The van der Waals surface area contributed by atoms with Crippen molar-refractivity contribution in [3.8, 4) is 11.5 Å². The van der Waals surface area contributed by atoms with E-state index in [2.05, 4.69) is 9.93 Å². The van der Waals surface area contributed by atoms with Gasteiger partial charge in [0.05, 0.1) is 11.5 Å². The fourth-order valence-electron chi connectivity index (χ4n) is 2.20. The van der Waals surface area contributed by atoms with Crippen molar-refractivity contribution in [1.82, 2.24) is 4.83 Å². The number of phenols is 2. The average molecular weight is 348 g/mol. The van der Waals surface area contributed by atoms with Gasteiger partial charge in [-0.2, -0.15) is 5.10 Å². The number of aromatic hydroxyl groups is 2. The lowest BCUT2D eigenvalue weighted by Gasteiger charge is -2.10. The van der Waals surface area contributed by atoms with Crippen LogP contribution in [0.1, 0.15) is 30.9 Å². The Hall–Kier alpha value is -2.54. The van der Waals surface area contributed by atoms with E-state index in [0.717, 1.165) is 6.42 Å². The van der Waals surface area contributed by atoms with Crippen LogP contribution in [0, 0.1) is 0 Å². The summed E-state index contributed by atoms with van der Waals surface area (Å²) < 4.78 is 24.3. The summed E-state index contributed by atoms with van der Waals surface area (Å²) in [6, 6.07) is 12.9.